The molecule has 0 spiro atoms. The van der Waals surface area contributed by atoms with Gasteiger partial charge in [0.25, 0.3) is 0 Å². The molecule has 1 unspecified atom stereocenters. The van der Waals surface area contributed by atoms with E-state index in [1.54, 1.807) is 36.4 Å². The van der Waals surface area contributed by atoms with Crippen LogP contribution in [0.25, 0.3) is 0 Å². The molecular weight excluding hydrogens is 557 g/mol. The van der Waals surface area contributed by atoms with Crippen molar-refractivity contribution in [2.75, 3.05) is 49.5 Å². The number of carbonyl (C=O) groups is 2. The third kappa shape index (κ3) is 4.91. The molecule has 1 N–H and O–H groups in total. The minimum atomic E-state index is -4.38. The number of hydrogen-bond donors (Lipinski definition) is 1. The van der Waals surface area contributed by atoms with Crippen molar-refractivity contribution in [1.82, 2.24) is 4.90 Å². The summed E-state index contributed by atoms with van der Waals surface area (Å²) in [6, 6.07) is 14.0. The van der Waals surface area contributed by atoms with E-state index in [-0.39, 0.29) is 23.2 Å². The summed E-state index contributed by atoms with van der Waals surface area (Å²) < 4.78 is 45.8. The molecule has 0 radical (unpaired) electrons. The Hall–Kier alpha value is -4.70. The Morgan fingerprint density at radius 3 is 2.40 bits per heavy atom. The number of nitrogens with one attached hydrogen (secondary N) is 1. The Morgan fingerprint density at radius 1 is 0.907 bits per heavy atom. The van der Waals surface area contributed by atoms with Crippen LogP contribution in [0.1, 0.15) is 37.4 Å². The first-order chi connectivity index (χ1) is 20.8. The summed E-state index contributed by atoms with van der Waals surface area (Å²) in [4.78, 5) is 36.5. The number of hydrogen-bond acceptors (Lipinski definition) is 7. The summed E-state index contributed by atoms with van der Waals surface area (Å²) in [6.45, 7) is 3.66. The summed E-state index contributed by atoms with van der Waals surface area (Å²) in [5.74, 6) is -0.0747. The summed E-state index contributed by atoms with van der Waals surface area (Å²) in [5.41, 5.74) is 2.69. The highest BCUT2D eigenvalue weighted by molar-refractivity contribution is 6.32. The number of nitrogens with zero attached hydrogens (tertiary/aromatic N) is 3. The lowest BCUT2D eigenvalue weighted by Gasteiger charge is -2.36. The number of fused-ring (bicyclic) bond motifs is 5. The Labute approximate surface area is 246 Å². The molecule has 2 heterocycles. The number of anilines is 2. The van der Waals surface area contributed by atoms with Crippen LogP contribution in [0.4, 0.5) is 30.2 Å². The Morgan fingerprint density at radius 2 is 1.65 bits per heavy atom. The zero-order chi connectivity index (χ0) is 29.7. The highest BCUT2D eigenvalue weighted by Gasteiger charge is 2.38. The fraction of sp³-hybridized carbons (Fsp3) is 0.242. The minimum Gasteiger partial charge on any atom is -0.478 e. The second-order valence-corrected chi connectivity index (χ2v) is 10.8. The highest BCUT2D eigenvalue weighted by Crippen LogP contribution is 2.46. The van der Waals surface area contributed by atoms with Gasteiger partial charge in [-0.15, -0.1) is 0 Å². The quantitative estimate of drug-likeness (QED) is 0.326. The smallest absolute Gasteiger partial charge is 0.416 e. The summed E-state index contributed by atoms with van der Waals surface area (Å²) in [7, 11) is 0. The largest absolute Gasteiger partial charge is 0.478 e. The monoisotopic (exact) mass is 584 g/mol. The van der Waals surface area contributed by atoms with Crippen LogP contribution in [0, 0.1) is 0 Å². The van der Waals surface area contributed by atoms with Crippen molar-refractivity contribution in [3.8, 4) is 5.75 Å². The van der Waals surface area contributed by atoms with E-state index >= 15 is 0 Å². The highest BCUT2D eigenvalue weighted by atomic mass is 19.4. The van der Waals surface area contributed by atoms with Gasteiger partial charge in [-0.05, 0) is 30.4 Å². The molecule has 2 aliphatic carbocycles. The van der Waals surface area contributed by atoms with Gasteiger partial charge in [0, 0.05) is 67.8 Å². The van der Waals surface area contributed by atoms with Gasteiger partial charge >= 0.3 is 6.18 Å². The first-order valence-electron chi connectivity index (χ1n) is 14.2. The number of ether oxygens (including phenoxy) is 1. The lowest BCUT2D eigenvalue weighted by Crippen LogP contribution is -2.47. The molecule has 0 bridgehead atoms. The topological polar surface area (TPSA) is 74.2 Å². The van der Waals surface area contributed by atoms with Gasteiger partial charge in [0.2, 0.25) is 0 Å². The van der Waals surface area contributed by atoms with Crippen LogP contribution < -0.4 is 15.0 Å². The van der Waals surface area contributed by atoms with Gasteiger partial charge in [-0.1, -0.05) is 42.5 Å². The van der Waals surface area contributed by atoms with Gasteiger partial charge < -0.3 is 15.0 Å². The maximum absolute atomic E-state index is 13.8. The normalized spacial score (nSPS) is 19.2. The van der Waals surface area contributed by atoms with Crippen molar-refractivity contribution >= 4 is 34.3 Å². The fourth-order valence-electron chi connectivity index (χ4n) is 6.03. The molecule has 7 nitrogen and oxygen atoms in total. The molecule has 1 saturated heterocycles. The summed E-state index contributed by atoms with van der Waals surface area (Å²) in [5, 5.41) is 3.38. The summed E-state index contributed by atoms with van der Waals surface area (Å²) >= 11 is 0. The van der Waals surface area contributed by atoms with Gasteiger partial charge in [-0.2, -0.15) is 13.2 Å². The molecular formula is C33H27F3N4O3. The van der Waals surface area contributed by atoms with Crippen LogP contribution in [0.5, 0.6) is 5.75 Å². The van der Waals surface area contributed by atoms with E-state index in [9.17, 15) is 22.8 Å². The molecule has 1 fully saturated rings. The van der Waals surface area contributed by atoms with Crippen molar-refractivity contribution in [3.05, 3.63) is 107 Å². The average molecular weight is 585 g/mol. The second kappa shape index (κ2) is 10.5. The molecule has 0 aromatic heterocycles. The molecule has 3 aromatic carbocycles. The van der Waals surface area contributed by atoms with E-state index in [1.807, 2.05) is 29.2 Å². The van der Waals surface area contributed by atoms with Crippen LogP contribution in [0.2, 0.25) is 0 Å². The number of benzene rings is 3. The first-order valence-corrected chi connectivity index (χ1v) is 14.2. The minimum absolute atomic E-state index is 0.243. The van der Waals surface area contributed by atoms with E-state index in [2.05, 4.69) is 10.2 Å². The number of ketones is 2. The summed E-state index contributed by atoms with van der Waals surface area (Å²) in [6.07, 6.45) is 2.70. The molecule has 0 saturated carbocycles. The van der Waals surface area contributed by atoms with Crippen LogP contribution in [-0.2, 0) is 6.18 Å². The van der Waals surface area contributed by atoms with E-state index in [1.165, 1.54) is 12.1 Å². The van der Waals surface area contributed by atoms with E-state index < -0.39 is 11.7 Å². The van der Waals surface area contributed by atoms with Crippen LogP contribution >= 0.6 is 0 Å². The van der Waals surface area contributed by atoms with Crippen LogP contribution in [0.15, 0.2) is 83.9 Å². The zero-order valence-electron chi connectivity index (χ0n) is 23.0. The lowest BCUT2D eigenvalue weighted by atomic mass is 9.81. The second-order valence-electron chi connectivity index (χ2n) is 10.8. The molecule has 2 aliphatic heterocycles. The maximum Gasteiger partial charge on any atom is 0.416 e. The Kier molecular flexibility index (Phi) is 6.65. The van der Waals surface area contributed by atoms with Gasteiger partial charge in [-0.3, -0.25) is 14.5 Å². The third-order valence-electron chi connectivity index (χ3n) is 8.24. The van der Waals surface area contributed by atoms with Gasteiger partial charge in [0.1, 0.15) is 11.4 Å². The Balaban J connectivity index is 1.10. The molecule has 218 valence electrons. The number of alkyl halides is 3. The predicted octanol–water partition coefficient (Wildman–Crippen LogP) is 5.67. The lowest BCUT2D eigenvalue weighted by molar-refractivity contribution is -0.137. The van der Waals surface area contributed by atoms with E-state index in [0.29, 0.717) is 84.5 Å². The molecule has 1 atom stereocenters. The van der Waals surface area contributed by atoms with Gasteiger partial charge in [0.05, 0.1) is 22.4 Å². The van der Waals surface area contributed by atoms with E-state index in [4.69, 9.17) is 9.73 Å². The molecule has 4 aliphatic rings. The Bertz CT molecular complexity index is 1740. The van der Waals surface area contributed by atoms with Crippen molar-refractivity contribution in [2.24, 2.45) is 4.99 Å². The number of allylic oxidation sites excluding steroid dienone is 2. The maximum atomic E-state index is 13.8. The number of carbonyl (C=O) groups excluding carboxylic acids is 2. The molecule has 3 aromatic rings. The molecule has 7 rings (SSSR count). The van der Waals surface area contributed by atoms with Crippen molar-refractivity contribution in [2.45, 2.75) is 12.3 Å². The van der Waals surface area contributed by atoms with Crippen molar-refractivity contribution in [1.29, 1.82) is 0 Å². The predicted molar refractivity (Wildman–Crippen MR) is 158 cm³/mol. The molecule has 0 amide bonds. The van der Waals surface area contributed by atoms with E-state index in [0.717, 1.165) is 6.07 Å². The SMILES string of the molecule is O=C1c2ccccc2C(=O)c2c3c(cc(NCCN4CCN(c5cccc(C(F)(F)F)c5)CC4)c21)OC1C=CC=CC1=N3. The molecule has 43 heavy (non-hydrogen) atoms. The third-order valence-corrected chi connectivity index (χ3v) is 8.24. The van der Waals surface area contributed by atoms with Crippen molar-refractivity contribution in [3.63, 3.8) is 0 Å². The number of rotatable bonds is 5. The average Bonchev–Trinajstić information content (AvgIpc) is 3.02. The van der Waals surface area contributed by atoms with Crippen LogP contribution in [-0.4, -0.2) is 67.6 Å². The number of aliphatic imine (C=N–C) groups is 1. The molecule has 10 heteroatoms. The van der Waals surface area contributed by atoms with Gasteiger partial charge in [0.15, 0.2) is 17.7 Å². The number of halogens is 3. The van der Waals surface area contributed by atoms with Gasteiger partial charge in [-0.25, -0.2) is 4.99 Å². The zero-order valence-corrected chi connectivity index (χ0v) is 23.0. The van der Waals surface area contributed by atoms with Crippen molar-refractivity contribution < 1.29 is 27.5 Å². The fourth-order valence-corrected chi connectivity index (χ4v) is 6.03. The van der Waals surface area contributed by atoms with Crippen LogP contribution in [0.3, 0.4) is 0 Å². The first kappa shape index (κ1) is 27.2. The number of piperazine rings is 1. The standard InChI is InChI=1S/C33H27F3N4O3/c34-33(35,36)20-6-5-7-21(18-20)40-16-14-39(15-17-40)13-12-37-25-19-27-30(38-24-10-3-4-11-26(24)43-27)29-28(25)31(41)22-8-1-2-9-23(22)32(29)42/h1-11,18-19,26,37H,12-17H2.